The molecule has 0 unspecified atom stereocenters. The summed E-state index contributed by atoms with van der Waals surface area (Å²) in [7, 11) is -2.08. The first-order chi connectivity index (χ1) is 16.5. The first-order valence-electron chi connectivity index (χ1n) is 11.1. The van der Waals surface area contributed by atoms with Gasteiger partial charge in [-0.2, -0.15) is 0 Å². The average Bonchev–Trinajstić information content (AvgIpc) is 2.83. The summed E-state index contributed by atoms with van der Waals surface area (Å²) >= 11 is 0. The van der Waals surface area contributed by atoms with Gasteiger partial charge in [0.2, 0.25) is 5.91 Å². The summed E-state index contributed by atoms with van der Waals surface area (Å²) in [5.74, 6) is -0.767. The second-order valence-electron chi connectivity index (χ2n) is 8.42. The fourth-order valence-corrected chi connectivity index (χ4v) is 4.23. The fraction of sp³-hybridized carbons (Fsp3) is 0.231. The lowest BCUT2D eigenvalue weighted by atomic mass is 10.1. The van der Waals surface area contributed by atoms with Gasteiger partial charge in [0.25, 0.3) is 15.9 Å². The van der Waals surface area contributed by atoms with E-state index in [1.54, 1.807) is 48.3 Å². The lowest BCUT2D eigenvalue weighted by Gasteiger charge is -2.21. The molecule has 0 saturated carbocycles. The molecule has 0 radical (unpaired) electrons. The van der Waals surface area contributed by atoms with Gasteiger partial charge in [0, 0.05) is 30.9 Å². The monoisotopic (exact) mass is 497 g/mol. The summed E-state index contributed by atoms with van der Waals surface area (Å²) in [4.78, 5) is 26.3. The van der Waals surface area contributed by atoms with Gasteiger partial charge >= 0.3 is 0 Å². The van der Waals surface area contributed by atoms with E-state index < -0.39 is 15.8 Å². The first-order valence-corrected chi connectivity index (χ1v) is 12.5. The van der Waals surface area contributed by atoms with E-state index in [2.05, 4.69) is 10.0 Å². The molecule has 3 aromatic rings. The van der Waals surface area contributed by atoms with Crippen molar-refractivity contribution in [2.45, 2.75) is 37.8 Å². The van der Waals surface area contributed by atoms with Crippen LogP contribution in [0.15, 0.2) is 77.7 Å². The molecule has 0 spiro atoms. The quantitative estimate of drug-likeness (QED) is 0.468. The summed E-state index contributed by atoms with van der Waals surface area (Å²) in [6.07, 6.45) is 0.126. The predicted octanol–water partition coefficient (Wildman–Crippen LogP) is 3.97. The third kappa shape index (κ3) is 7.13. The fourth-order valence-electron chi connectivity index (χ4n) is 3.17. The van der Waals surface area contributed by atoms with Crippen LogP contribution in [0.5, 0.6) is 0 Å². The summed E-state index contributed by atoms with van der Waals surface area (Å²) in [5.41, 5.74) is 2.50. The number of hydrogen-bond donors (Lipinski definition) is 2. The Morgan fingerprint density at radius 2 is 1.46 bits per heavy atom. The minimum atomic E-state index is -3.84. The topological polar surface area (TPSA) is 95.6 Å². The molecular formula is C26H28FN3O4S. The van der Waals surface area contributed by atoms with E-state index in [1.807, 2.05) is 26.0 Å². The second kappa shape index (κ2) is 11.1. The molecule has 0 saturated heterocycles. The Morgan fingerprint density at radius 1 is 0.886 bits per heavy atom. The Labute approximate surface area is 205 Å². The molecule has 0 bridgehead atoms. The molecule has 0 aromatic heterocycles. The number of carbonyl (C=O) groups is 2. The van der Waals surface area contributed by atoms with Crippen molar-refractivity contribution in [1.29, 1.82) is 0 Å². The van der Waals surface area contributed by atoms with E-state index in [9.17, 15) is 22.4 Å². The molecule has 0 fully saturated rings. The van der Waals surface area contributed by atoms with Gasteiger partial charge < -0.3 is 10.2 Å². The molecule has 0 aliphatic heterocycles. The maximum Gasteiger partial charge on any atom is 0.261 e. The number of halogens is 1. The van der Waals surface area contributed by atoms with E-state index in [4.69, 9.17) is 0 Å². The summed E-state index contributed by atoms with van der Waals surface area (Å²) in [6, 6.07) is 18.2. The van der Waals surface area contributed by atoms with Crippen LogP contribution >= 0.6 is 0 Å². The molecule has 3 aromatic carbocycles. The number of anilines is 1. The molecular weight excluding hydrogens is 469 g/mol. The van der Waals surface area contributed by atoms with Crippen molar-refractivity contribution in [1.82, 2.24) is 10.2 Å². The minimum Gasteiger partial charge on any atom is -0.352 e. The third-order valence-corrected chi connectivity index (χ3v) is 6.88. The molecule has 0 heterocycles. The van der Waals surface area contributed by atoms with Crippen molar-refractivity contribution >= 4 is 27.5 Å². The second-order valence-corrected chi connectivity index (χ2v) is 10.1. The molecule has 184 valence electrons. The molecule has 7 nitrogen and oxygen atoms in total. The van der Waals surface area contributed by atoms with Gasteiger partial charge in [-0.1, -0.05) is 24.3 Å². The van der Waals surface area contributed by atoms with E-state index in [-0.39, 0.29) is 29.2 Å². The molecule has 0 atom stereocenters. The maximum atomic E-state index is 13.0. The van der Waals surface area contributed by atoms with Crippen LogP contribution in [0.4, 0.5) is 10.1 Å². The minimum absolute atomic E-state index is 0.0494. The number of sulfonamides is 1. The standard InChI is InChI=1S/C26H28FN3O4S/c1-18(2)30(3)26(32)21-8-4-20(5-9-21)17-28-25(31)16-19-6-12-23(13-7-19)29-35(33,34)24-14-10-22(27)11-15-24/h4-15,18,29H,16-17H2,1-3H3,(H,28,31). The Bertz CT molecular complexity index is 1270. The number of benzene rings is 3. The van der Waals surface area contributed by atoms with Crippen molar-refractivity contribution in [3.63, 3.8) is 0 Å². The predicted molar refractivity (Wildman–Crippen MR) is 133 cm³/mol. The smallest absolute Gasteiger partial charge is 0.261 e. The number of carbonyl (C=O) groups excluding carboxylic acids is 2. The molecule has 35 heavy (non-hydrogen) atoms. The van der Waals surface area contributed by atoms with E-state index in [1.165, 1.54) is 12.1 Å². The number of nitrogens with zero attached hydrogens (tertiary/aromatic N) is 1. The van der Waals surface area contributed by atoms with Crippen molar-refractivity contribution in [3.8, 4) is 0 Å². The highest BCUT2D eigenvalue weighted by Crippen LogP contribution is 2.17. The highest BCUT2D eigenvalue weighted by atomic mass is 32.2. The van der Waals surface area contributed by atoms with Gasteiger partial charge in [-0.3, -0.25) is 14.3 Å². The van der Waals surface area contributed by atoms with Crippen molar-refractivity contribution in [2.75, 3.05) is 11.8 Å². The molecule has 3 rings (SSSR count). The van der Waals surface area contributed by atoms with Crippen LogP contribution in [-0.2, 0) is 27.8 Å². The summed E-state index contributed by atoms with van der Waals surface area (Å²) in [6.45, 7) is 4.21. The Balaban J connectivity index is 1.51. The van der Waals surface area contributed by atoms with Crippen molar-refractivity contribution in [2.24, 2.45) is 0 Å². The van der Waals surface area contributed by atoms with Crippen LogP contribution in [0.2, 0.25) is 0 Å². The van der Waals surface area contributed by atoms with E-state index >= 15 is 0 Å². The Morgan fingerprint density at radius 3 is 2.03 bits per heavy atom. The zero-order chi connectivity index (χ0) is 25.6. The van der Waals surface area contributed by atoms with Crippen molar-refractivity contribution in [3.05, 3.63) is 95.3 Å². The van der Waals surface area contributed by atoms with E-state index in [0.717, 1.165) is 17.7 Å². The van der Waals surface area contributed by atoms with Crippen LogP contribution in [0.1, 0.15) is 35.3 Å². The van der Waals surface area contributed by atoms with Gasteiger partial charge in [0.15, 0.2) is 0 Å². The van der Waals surface area contributed by atoms with Gasteiger partial charge in [0.1, 0.15) is 5.82 Å². The molecule has 2 amide bonds. The Hall–Kier alpha value is -3.72. The van der Waals surface area contributed by atoms with E-state index in [0.29, 0.717) is 23.4 Å². The number of rotatable bonds is 9. The number of nitrogens with one attached hydrogen (secondary N) is 2. The van der Waals surface area contributed by atoms with Gasteiger partial charge in [-0.05, 0) is 73.5 Å². The first kappa shape index (κ1) is 25.9. The molecule has 9 heteroatoms. The SMILES string of the molecule is CC(C)N(C)C(=O)c1ccc(CNC(=O)Cc2ccc(NS(=O)(=O)c3ccc(F)cc3)cc2)cc1. The molecule has 2 N–H and O–H groups in total. The van der Waals surface area contributed by atoms with Crippen molar-refractivity contribution < 1.29 is 22.4 Å². The summed E-state index contributed by atoms with van der Waals surface area (Å²) < 4.78 is 40.3. The number of hydrogen-bond acceptors (Lipinski definition) is 4. The normalized spacial score (nSPS) is 11.2. The zero-order valence-electron chi connectivity index (χ0n) is 19.8. The Kier molecular flexibility index (Phi) is 8.24. The van der Waals surface area contributed by atoms with Crippen LogP contribution < -0.4 is 10.0 Å². The molecule has 0 aliphatic carbocycles. The maximum absolute atomic E-state index is 13.0. The number of amides is 2. The van der Waals surface area contributed by atoms with Crippen LogP contribution in [0, 0.1) is 5.82 Å². The van der Waals surface area contributed by atoms with Gasteiger partial charge in [0.05, 0.1) is 11.3 Å². The van der Waals surface area contributed by atoms with Gasteiger partial charge in [-0.15, -0.1) is 0 Å². The molecule has 0 aliphatic rings. The van der Waals surface area contributed by atoms with Gasteiger partial charge in [-0.25, -0.2) is 12.8 Å². The largest absolute Gasteiger partial charge is 0.352 e. The lowest BCUT2D eigenvalue weighted by Crippen LogP contribution is -2.32. The van der Waals surface area contributed by atoms with Crippen LogP contribution in [0.3, 0.4) is 0 Å². The lowest BCUT2D eigenvalue weighted by molar-refractivity contribution is -0.120. The zero-order valence-corrected chi connectivity index (χ0v) is 20.6. The van der Waals surface area contributed by atoms with Crippen LogP contribution in [-0.4, -0.2) is 38.2 Å². The highest BCUT2D eigenvalue weighted by Gasteiger charge is 2.15. The summed E-state index contributed by atoms with van der Waals surface area (Å²) in [5, 5.41) is 2.84. The third-order valence-electron chi connectivity index (χ3n) is 5.48. The average molecular weight is 498 g/mol. The van der Waals surface area contributed by atoms with Crippen LogP contribution in [0.25, 0.3) is 0 Å². The highest BCUT2D eigenvalue weighted by molar-refractivity contribution is 7.92.